The number of benzene rings is 1. The summed E-state index contributed by atoms with van der Waals surface area (Å²) in [5, 5.41) is 14.6. The van der Waals surface area contributed by atoms with Gasteiger partial charge in [0.05, 0.1) is 23.7 Å². The third-order valence-electron chi connectivity index (χ3n) is 6.35. The molecule has 1 aromatic carbocycles. The van der Waals surface area contributed by atoms with Crippen molar-refractivity contribution in [2.45, 2.75) is 52.6 Å². The molecule has 0 unspecified atom stereocenters. The van der Waals surface area contributed by atoms with E-state index in [0.717, 1.165) is 0 Å². The monoisotopic (exact) mass is 490 g/mol. The average Bonchev–Trinajstić information content (AvgIpc) is 2.77. The van der Waals surface area contributed by atoms with Crippen LogP contribution >= 0.6 is 11.6 Å². The number of allylic oxidation sites excluding steroid dienone is 3. The Labute approximate surface area is 202 Å². The second kappa shape index (κ2) is 9.97. The van der Waals surface area contributed by atoms with E-state index in [1.54, 1.807) is 20.8 Å². The number of hydrogen-bond donors (Lipinski definition) is 1. The van der Waals surface area contributed by atoms with Gasteiger partial charge >= 0.3 is 11.9 Å². The molecule has 0 bridgehead atoms. The summed E-state index contributed by atoms with van der Waals surface area (Å²) in [4.78, 5) is 50.3. The quantitative estimate of drug-likeness (QED) is 0.272. The Morgan fingerprint density at radius 1 is 1.35 bits per heavy atom. The molecule has 2 aliphatic rings. The van der Waals surface area contributed by atoms with Crippen LogP contribution in [0.2, 0.25) is 5.02 Å². The summed E-state index contributed by atoms with van der Waals surface area (Å²) >= 11 is 6.02. The van der Waals surface area contributed by atoms with Gasteiger partial charge in [-0.25, -0.2) is 4.79 Å². The maximum absolute atomic E-state index is 13.7. The summed E-state index contributed by atoms with van der Waals surface area (Å²) in [5.74, 6) is -4.17. The first-order valence-electron chi connectivity index (χ1n) is 11.0. The van der Waals surface area contributed by atoms with Crippen molar-refractivity contribution in [2.24, 2.45) is 11.8 Å². The molecule has 1 aliphatic heterocycles. The van der Waals surface area contributed by atoms with Crippen molar-refractivity contribution in [2.75, 3.05) is 7.11 Å². The van der Waals surface area contributed by atoms with Gasteiger partial charge < -0.3 is 14.8 Å². The number of hydrogen-bond acceptors (Lipinski definition) is 8. The number of carbonyl (C=O) groups excluding carboxylic acids is 3. The molecule has 1 heterocycles. The lowest BCUT2D eigenvalue weighted by molar-refractivity contribution is -0.384. The van der Waals surface area contributed by atoms with E-state index in [1.807, 2.05) is 6.92 Å². The molecule has 0 saturated carbocycles. The topological polar surface area (TPSA) is 125 Å². The number of nitrogens with zero attached hydrogens (tertiary/aromatic N) is 1. The van der Waals surface area contributed by atoms with E-state index < -0.39 is 34.5 Å². The van der Waals surface area contributed by atoms with Crippen LogP contribution < -0.4 is 5.32 Å². The largest absolute Gasteiger partial charge is 0.468 e. The molecule has 0 saturated heterocycles. The van der Waals surface area contributed by atoms with Gasteiger partial charge in [-0.2, -0.15) is 0 Å². The van der Waals surface area contributed by atoms with E-state index in [4.69, 9.17) is 21.1 Å². The lowest BCUT2D eigenvalue weighted by Gasteiger charge is -2.38. The van der Waals surface area contributed by atoms with Crippen molar-refractivity contribution in [1.29, 1.82) is 0 Å². The number of nitro groups is 1. The van der Waals surface area contributed by atoms with Gasteiger partial charge in [-0.3, -0.25) is 19.7 Å². The molecule has 4 atom stereocenters. The van der Waals surface area contributed by atoms with Crippen LogP contribution in [0.4, 0.5) is 5.69 Å². The van der Waals surface area contributed by atoms with Gasteiger partial charge in [-0.05, 0) is 44.2 Å². The smallest absolute Gasteiger partial charge is 0.337 e. The van der Waals surface area contributed by atoms with E-state index in [0.29, 0.717) is 29.8 Å². The predicted octanol–water partition coefficient (Wildman–Crippen LogP) is 4.20. The van der Waals surface area contributed by atoms with Crippen molar-refractivity contribution in [1.82, 2.24) is 5.32 Å². The highest BCUT2D eigenvalue weighted by atomic mass is 35.5. The molecule has 0 aromatic heterocycles. The average molecular weight is 491 g/mol. The number of ether oxygens (including phenoxy) is 2. The lowest BCUT2D eigenvalue weighted by Crippen LogP contribution is -2.43. The van der Waals surface area contributed by atoms with Crippen LogP contribution in [0.1, 0.15) is 52.0 Å². The fourth-order valence-corrected chi connectivity index (χ4v) is 4.65. The molecule has 0 amide bonds. The maximum Gasteiger partial charge on any atom is 0.337 e. The summed E-state index contributed by atoms with van der Waals surface area (Å²) in [7, 11) is 1.21. The first kappa shape index (κ1) is 25.4. The Bertz CT molecular complexity index is 1120. The molecule has 182 valence electrons. The zero-order valence-electron chi connectivity index (χ0n) is 19.6. The van der Waals surface area contributed by atoms with Crippen LogP contribution in [0.5, 0.6) is 0 Å². The van der Waals surface area contributed by atoms with Crippen LogP contribution in [0.3, 0.4) is 0 Å². The van der Waals surface area contributed by atoms with Gasteiger partial charge in [0, 0.05) is 29.0 Å². The Morgan fingerprint density at radius 2 is 2.03 bits per heavy atom. The van der Waals surface area contributed by atoms with Crippen LogP contribution in [-0.4, -0.2) is 35.9 Å². The van der Waals surface area contributed by atoms with Gasteiger partial charge in [-0.15, -0.1) is 0 Å². The third-order valence-corrected chi connectivity index (χ3v) is 6.67. The Hall–Kier alpha value is -3.20. The second-order valence-electron chi connectivity index (χ2n) is 8.63. The first-order chi connectivity index (χ1) is 16.0. The van der Waals surface area contributed by atoms with Gasteiger partial charge in [0.25, 0.3) is 5.69 Å². The number of nitro benzene ring substituents is 1. The Balaban J connectivity index is 2.23. The van der Waals surface area contributed by atoms with Crippen molar-refractivity contribution in [3.05, 3.63) is 61.4 Å². The lowest BCUT2D eigenvalue weighted by atomic mass is 9.69. The highest BCUT2D eigenvalue weighted by Crippen LogP contribution is 2.46. The molecule has 10 heteroatoms. The van der Waals surface area contributed by atoms with Crippen LogP contribution in [0.25, 0.3) is 0 Å². The summed E-state index contributed by atoms with van der Waals surface area (Å²) in [6, 6.07) is 4.15. The summed E-state index contributed by atoms with van der Waals surface area (Å²) in [6.07, 6.45) is 0.559. The molecule has 1 aliphatic carbocycles. The number of Topliss-reactive ketones (excluding diaryl/α,β-unsaturated/α-hetero) is 1. The van der Waals surface area contributed by atoms with Crippen LogP contribution in [0, 0.1) is 22.0 Å². The molecule has 0 fully saturated rings. The molecule has 0 spiro atoms. The minimum absolute atomic E-state index is 0.0719. The maximum atomic E-state index is 13.7. The number of nitrogens with one attached hydrogen (secondary N) is 1. The summed E-state index contributed by atoms with van der Waals surface area (Å²) in [6.45, 7) is 7.08. The number of ketones is 1. The molecule has 3 rings (SSSR count). The molecule has 34 heavy (non-hydrogen) atoms. The fraction of sp³-hybridized carbons (Fsp3) is 0.458. The second-order valence-corrected chi connectivity index (χ2v) is 9.03. The highest BCUT2D eigenvalue weighted by molar-refractivity contribution is 6.32. The van der Waals surface area contributed by atoms with E-state index in [2.05, 4.69) is 5.32 Å². The van der Waals surface area contributed by atoms with Crippen LogP contribution in [0.15, 0.2) is 40.7 Å². The van der Waals surface area contributed by atoms with Gasteiger partial charge in [0.1, 0.15) is 10.9 Å². The normalized spacial score (nSPS) is 23.1. The molecule has 9 nitrogen and oxygen atoms in total. The number of methoxy groups -OCH3 is 1. The zero-order valence-corrected chi connectivity index (χ0v) is 20.4. The minimum Gasteiger partial charge on any atom is -0.468 e. The number of rotatable bonds is 6. The summed E-state index contributed by atoms with van der Waals surface area (Å²) < 4.78 is 10.4. The molecule has 0 radical (unpaired) electrons. The van der Waals surface area contributed by atoms with E-state index in [-0.39, 0.29) is 33.9 Å². The number of halogens is 1. The van der Waals surface area contributed by atoms with Crippen LogP contribution in [-0.2, 0) is 23.9 Å². The number of carbonyl (C=O) groups is 3. The van der Waals surface area contributed by atoms with Crippen molar-refractivity contribution >= 4 is 35.0 Å². The van der Waals surface area contributed by atoms with E-state index >= 15 is 0 Å². The SMILES string of the molecule is CC[C@H](C)OC(=O)C1=C(C)NC2=C(C(=O)[C@H](C(=O)OC)[C@H](C)C2)[C@@H]1c1ccc(Cl)c([N+](=O)[O-])c1. The fourth-order valence-electron chi connectivity index (χ4n) is 4.46. The molecular formula is C24H27ClN2O7. The molecular weight excluding hydrogens is 464 g/mol. The van der Waals surface area contributed by atoms with E-state index in [9.17, 15) is 24.5 Å². The Morgan fingerprint density at radius 3 is 2.62 bits per heavy atom. The first-order valence-corrected chi connectivity index (χ1v) is 11.4. The standard InChI is InChI=1S/C24H27ClN2O7/c1-6-12(3)34-24(30)19-13(4)26-16-9-11(2)18(23(29)33-5)22(28)21(16)20(19)14-7-8-15(25)17(10-14)27(31)32/h7-8,10-12,18,20,26H,6,9H2,1-5H3/t11-,12+,18-,20-/m1/s1. The van der Waals surface area contributed by atoms with Crippen molar-refractivity contribution < 1.29 is 28.8 Å². The molecule has 1 aromatic rings. The third kappa shape index (κ3) is 4.57. The van der Waals surface area contributed by atoms with Gasteiger partial charge in [-0.1, -0.05) is 31.5 Å². The highest BCUT2D eigenvalue weighted by Gasteiger charge is 2.47. The van der Waals surface area contributed by atoms with Gasteiger partial charge in [0.15, 0.2) is 5.78 Å². The predicted molar refractivity (Wildman–Crippen MR) is 124 cm³/mol. The van der Waals surface area contributed by atoms with E-state index in [1.165, 1.54) is 25.3 Å². The van der Waals surface area contributed by atoms with Crippen molar-refractivity contribution in [3.63, 3.8) is 0 Å². The number of dihydropyridines is 1. The molecule has 1 N–H and O–H groups in total. The minimum atomic E-state index is -1.06. The Kier molecular flexibility index (Phi) is 7.45. The zero-order chi connectivity index (χ0) is 25.3. The summed E-state index contributed by atoms with van der Waals surface area (Å²) in [5.41, 5.74) is 1.37. The number of esters is 2. The van der Waals surface area contributed by atoms with Crippen molar-refractivity contribution in [3.8, 4) is 0 Å². The van der Waals surface area contributed by atoms with Gasteiger partial charge in [0.2, 0.25) is 0 Å².